The molecule has 9 nitrogen and oxygen atoms in total. The van der Waals surface area contributed by atoms with Crippen LogP contribution in [0, 0.1) is 0 Å². The van der Waals surface area contributed by atoms with Crippen LogP contribution in [0.4, 0.5) is 0 Å². The Balaban J connectivity index is 3.88. The largest absolute Gasteiger partial charge is 0.472 e. The molecule has 0 aliphatic rings. The monoisotopic (exact) mass is 982 g/mol. The highest BCUT2D eigenvalue weighted by Crippen LogP contribution is 2.43. The summed E-state index contributed by atoms with van der Waals surface area (Å²) < 4.78 is 33.0. The van der Waals surface area contributed by atoms with E-state index in [-0.39, 0.29) is 38.6 Å². The highest BCUT2D eigenvalue weighted by molar-refractivity contribution is 7.47. The van der Waals surface area contributed by atoms with Gasteiger partial charge in [-0.15, -0.1) is 0 Å². The lowest BCUT2D eigenvalue weighted by Gasteiger charge is -2.19. The fourth-order valence-electron chi connectivity index (χ4n) is 8.73. The van der Waals surface area contributed by atoms with Crippen molar-refractivity contribution < 1.29 is 37.6 Å². The van der Waals surface area contributed by atoms with Crippen LogP contribution in [-0.4, -0.2) is 49.3 Å². The molecule has 0 heterocycles. The van der Waals surface area contributed by atoms with Gasteiger partial charge in [0.05, 0.1) is 13.2 Å². The summed E-state index contributed by atoms with van der Waals surface area (Å²) in [6.45, 7) is 3.77. The van der Waals surface area contributed by atoms with Gasteiger partial charge in [-0.1, -0.05) is 269 Å². The van der Waals surface area contributed by atoms with Crippen LogP contribution in [-0.2, 0) is 32.7 Å². The van der Waals surface area contributed by atoms with E-state index in [0.717, 1.165) is 51.4 Å². The molecule has 10 heteroatoms. The van der Waals surface area contributed by atoms with Crippen molar-refractivity contribution in [1.29, 1.82) is 0 Å². The summed E-state index contributed by atoms with van der Waals surface area (Å²) in [5.41, 5.74) is 5.38. The summed E-state index contributed by atoms with van der Waals surface area (Å²) in [7, 11) is -4.38. The van der Waals surface area contributed by atoms with Crippen LogP contribution in [0.2, 0.25) is 0 Å². The van der Waals surface area contributed by atoms with Crippen LogP contribution in [0.15, 0.2) is 24.3 Å². The molecule has 0 aliphatic carbocycles. The number of carbonyl (C=O) groups is 2. The normalized spacial score (nSPS) is 13.2. The molecule has 0 aromatic heterocycles. The minimum atomic E-state index is -4.38. The van der Waals surface area contributed by atoms with Crippen LogP contribution in [0.25, 0.3) is 0 Å². The Hall–Kier alpha value is -1.51. The van der Waals surface area contributed by atoms with Crippen molar-refractivity contribution in [2.24, 2.45) is 5.73 Å². The number of rotatable bonds is 56. The van der Waals surface area contributed by atoms with E-state index in [0.29, 0.717) is 6.42 Å². The van der Waals surface area contributed by atoms with Gasteiger partial charge in [0.25, 0.3) is 0 Å². The molecule has 0 fully saturated rings. The van der Waals surface area contributed by atoms with Gasteiger partial charge in [0.15, 0.2) is 6.10 Å². The molecule has 0 rings (SSSR count). The zero-order valence-electron chi connectivity index (χ0n) is 44.9. The maximum atomic E-state index is 12.7. The number of ether oxygens (including phenoxy) is 2. The SMILES string of the molecule is CCCCCC/C=C\C/C=C\CCCCCCCCCC(=O)OC(COC(=O)CCCCCCCCCCCCCCCCCCCCCCCCCCCCCCC)COP(=O)(O)OCCN. The average Bonchev–Trinajstić information content (AvgIpc) is 3.33. The van der Waals surface area contributed by atoms with E-state index in [9.17, 15) is 19.0 Å². The van der Waals surface area contributed by atoms with Gasteiger partial charge in [0.2, 0.25) is 0 Å². The van der Waals surface area contributed by atoms with Crippen molar-refractivity contribution in [3.8, 4) is 0 Å². The highest BCUT2D eigenvalue weighted by Gasteiger charge is 2.26. The Labute approximate surface area is 421 Å². The lowest BCUT2D eigenvalue weighted by atomic mass is 10.0. The zero-order valence-corrected chi connectivity index (χ0v) is 45.8. The van der Waals surface area contributed by atoms with E-state index in [2.05, 4.69) is 38.2 Å². The van der Waals surface area contributed by atoms with Crippen LogP contribution in [0.1, 0.15) is 303 Å². The predicted octanol–water partition coefficient (Wildman–Crippen LogP) is 18.2. The first-order valence-electron chi connectivity index (χ1n) is 29.3. The standard InChI is InChI=1S/C58H112NO8P/c1-3-5-7-9-11-13-15-17-19-21-23-24-25-26-27-28-29-30-31-32-33-35-36-38-40-42-44-46-48-50-57(60)64-54-56(55-66-68(62,63)65-53-52-59)67-58(61)51-49-47-45-43-41-39-37-34-22-20-18-16-14-12-10-8-6-4-2/h14,16,20,22,56H,3-13,15,17-19,21,23-55,59H2,1-2H3,(H,62,63)/b16-14-,22-20-. The first-order valence-corrected chi connectivity index (χ1v) is 30.8. The second kappa shape index (κ2) is 54.8. The second-order valence-corrected chi connectivity index (χ2v) is 21.3. The second-order valence-electron chi connectivity index (χ2n) is 19.9. The van der Waals surface area contributed by atoms with Crippen molar-refractivity contribution >= 4 is 19.8 Å². The first kappa shape index (κ1) is 66.5. The molecule has 2 unspecified atom stereocenters. The van der Waals surface area contributed by atoms with Gasteiger partial charge in [0, 0.05) is 19.4 Å². The molecule has 68 heavy (non-hydrogen) atoms. The third kappa shape index (κ3) is 53.8. The van der Waals surface area contributed by atoms with Crippen LogP contribution in [0.5, 0.6) is 0 Å². The first-order chi connectivity index (χ1) is 33.3. The van der Waals surface area contributed by atoms with Crippen LogP contribution < -0.4 is 5.73 Å². The Morgan fingerprint density at radius 3 is 1.13 bits per heavy atom. The van der Waals surface area contributed by atoms with Crippen molar-refractivity contribution in [2.75, 3.05) is 26.4 Å². The number of carbonyl (C=O) groups excluding carboxylic acids is 2. The number of hydrogen-bond donors (Lipinski definition) is 2. The topological polar surface area (TPSA) is 134 Å². The van der Waals surface area contributed by atoms with Crippen molar-refractivity contribution in [3.63, 3.8) is 0 Å². The van der Waals surface area contributed by atoms with Gasteiger partial charge in [-0.2, -0.15) is 0 Å². The third-order valence-corrected chi connectivity index (χ3v) is 14.1. The smallest absolute Gasteiger partial charge is 0.462 e. The Morgan fingerprint density at radius 1 is 0.441 bits per heavy atom. The molecule has 402 valence electrons. The van der Waals surface area contributed by atoms with Crippen molar-refractivity contribution in [3.05, 3.63) is 24.3 Å². The summed E-state index contributed by atoms with van der Waals surface area (Å²) in [4.78, 5) is 35.1. The van der Waals surface area contributed by atoms with Crippen LogP contribution in [0.3, 0.4) is 0 Å². The Morgan fingerprint density at radius 2 is 0.765 bits per heavy atom. The number of hydrogen-bond acceptors (Lipinski definition) is 8. The molecule has 0 aliphatic heterocycles. The number of phosphoric ester groups is 1. The molecule has 0 amide bonds. The Kier molecular flexibility index (Phi) is 53.6. The highest BCUT2D eigenvalue weighted by atomic mass is 31.2. The predicted molar refractivity (Wildman–Crippen MR) is 289 cm³/mol. The fourth-order valence-corrected chi connectivity index (χ4v) is 9.49. The van der Waals surface area contributed by atoms with E-state index in [4.69, 9.17) is 24.3 Å². The van der Waals surface area contributed by atoms with E-state index in [1.54, 1.807) is 0 Å². The molecule has 0 aromatic carbocycles. The van der Waals surface area contributed by atoms with Crippen LogP contribution >= 0.6 is 7.82 Å². The summed E-state index contributed by atoms with van der Waals surface area (Å²) in [5.74, 6) is -0.821. The number of unbranched alkanes of at least 4 members (excludes halogenated alkanes) is 39. The third-order valence-electron chi connectivity index (χ3n) is 13.1. The van der Waals surface area contributed by atoms with Gasteiger partial charge in [-0.3, -0.25) is 18.6 Å². The summed E-state index contributed by atoms with van der Waals surface area (Å²) in [5, 5.41) is 0. The van der Waals surface area contributed by atoms with E-state index in [1.807, 2.05) is 0 Å². The fraction of sp³-hybridized carbons (Fsp3) is 0.897. The van der Waals surface area contributed by atoms with Gasteiger partial charge in [0.1, 0.15) is 6.61 Å². The molecule has 0 radical (unpaired) electrons. The van der Waals surface area contributed by atoms with E-state index < -0.39 is 26.5 Å². The minimum Gasteiger partial charge on any atom is -0.462 e. The molecular formula is C58H112NO8P. The van der Waals surface area contributed by atoms with Gasteiger partial charge in [-0.05, 0) is 44.9 Å². The summed E-state index contributed by atoms with van der Waals surface area (Å²) in [6, 6.07) is 0. The molecule has 0 bridgehead atoms. The maximum absolute atomic E-state index is 12.7. The Bertz CT molecular complexity index is 1170. The average molecular weight is 983 g/mol. The molecule has 0 spiro atoms. The number of esters is 2. The number of nitrogens with two attached hydrogens (primary N) is 1. The molecule has 0 saturated carbocycles. The zero-order chi connectivity index (χ0) is 49.5. The molecular weight excluding hydrogens is 870 g/mol. The van der Waals surface area contributed by atoms with E-state index >= 15 is 0 Å². The molecule has 2 atom stereocenters. The van der Waals surface area contributed by atoms with E-state index in [1.165, 1.54) is 218 Å². The summed E-state index contributed by atoms with van der Waals surface area (Å²) in [6.07, 6.45) is 63.9. The lowest BCUT2D eigenvalue weighted by Crippen LogP contribution is -2.29. The van der Waals surface area contributed by atoms with Crippen molar-refractivity contribution in [2.45, 2.75) is 309 Å². The summed E-state index contributed by atoms with van der Waals surface area (Å²) >= 11 is 0. The molecule has 0 aromatic rings. The lowest BCUT2D eigenvalue weighted by molar-refractivity contribution is -0.161. The van der Waals surface area contributed by atoms with Gasteiger partial charge in [-0.25, -0.2) is 4.57 Å². The number of allylic oxidation sites excluding steroid dienone is 4. The van der Waals surface area contributed by atoms with Gasteiger partial charge >= 0.3 is 19.8 Å². The molecule has 3 N–H and O–H groups in total. The maximum Gasteiger partial charge on any atom is 0.472 e. The minimum absolute atomic E-state index is 0.0540. The van der Waals surface area contributed by atoms with Crippen molar-refractivity contribution in [1.82, 2.24) is 0 Å². The quantitative estimate of drug-likeness (QED) is 0.0264. The molecule has 0 saturated heterocycles. The van der Waals surface area contributed by atoms with Gasteiger partial charge < -0.3 is 20.1 Å². The number of phosphoric acid groups is 1.